The number of hydrogen-bond acceptors (Lipinski definition) is 2. The van der Waals surface area contributed by atoms with E-state index in [0.717, 1.165) is 29.7 Å². The van der Waals surface area contributed by atoms with E-state index >= 15 is 0 Å². The molecule has 23 heavy (non-hydrogen) atoms. The molecule has 0 amide bonds. The number of ether oxygens (including phenoxy) is 2. The molecule has 0 saturated carbocycles. The van der Waals surface area contributed by atoms with Crippen LogP contribution in [0.25, 0.3) is 0 Å². The second-order valence-corrected chi connectivity index (χ2v) is 5.05. The third-order valence-electron chi connectivity index (χ3n) is 3.50. The molecule has 0 spiro atoms. The van der Waals surface area contributed by atoms with Crippen LogP contribution in [0, 0.1) is 6.42 Å². The van der Waals surface area contributed by atoms with Gasteiger partial charge in [0.05, 0.1) is 19.8 Å². The molecule has 2 aromatic carbocycles. The molecule has 2 rings (SSSR count). The van der Waals surface area contributed by atoms with Crippen molar-refractivity contribution in [3.05, 3.63) is 65.6 Å². The fraction of sp³-hybridized carbons (Fsp3) is 0.278. The first kappa shape index (κ1) is 17.2. The Hall–Kier alpha value is -2.17. The van der Waals surface area contributed by atoms with Gasteiger partial charge in [-0.15, -0.1) is 0 Å². The SMILES string of the molecule is COc1ccc([CH]CCc2ccc(C(F)(F)F)cc2)cc1OC. The summed E-state index contributed by atoms with van der Waals surface area (Å²) < 4.78 is 47.9. The standard InChI is InChI=1S/C18H18F3O2/c1-22-16-11-8-14(12-17(16)23-2)5-3-4-13-6-9-15(10-7-13)18(19,20)21/h5-12H,3-4H2,1-2H3. The number of methoxy groups -OCH3 is 2. The molecule has 2 nitrogen and oxygen atoms in total. The zero-order chi connectivity index (χ0) is 16.9. The molecule has 0 aliphatic carbocycles. The van der Waals surface area contributed by atoms with Gasteiger partial charge in [-0.1, -0.05) is 18.2 Å². The van der Waals surface area contributed by atoms with E-state index in [2.05, 4.69) is 0 Å². The largest absolute Gasteiger partial charge is 0.493 e. The van der Waals surface area contributed by atoms with Gasteiger partial charge in [-0.05, 0) is 54.7 Å². The predicted octanol–water partition coefficient (Wildman–Crippen LogP) is 4.91. The Bertz CT molecular complexity index is 634. The van der Waals surface area contributed by atoms with Crippen LogP contribution < -0.4 is 9.47 Å². The molecular weight excluding hydrogens is 305 g/mol. The van der Waals surface area contributed by atoms with Crippen LogP contribution in [0.15, 0.2) is 42.5 Å². The van der Waals surface area contributed by atoms with E-state index in [1.807, 2.05) is 24.6 Å². The van der Waals surface area contributed by atoms with Gasteiger partial charge >= 0.3 is 6.18 Å². The molecule has 0 bridgehead atoms. The Morgan fingerprint density at radius 3 is 2.13 bits per heavy atom. The average Bonchev–Trinajstić information content (AvgIpc) is 2.54. The van der Waals surface area contributed by atoms with Gasteiger partial charge in [0.25, 0.3) is 0 Å². The molecule has 0 fully saturated rings. The van der Waals surface area contributed by atoms with Gasteiger partial charge in [-0.2, -0.15) is 13.2 Å². The van der Waals surface area contributed by atoms with Crippen LogP contribution in [0.4, 0.5) is 13.2 Å². The molecule has 0 heterocycles. The maximum Gasteiger partial charge on any atom is 0.416 e. The van der Waals surface area contributed by atoms with Crippen molar-refractivity contribution in [3.63, 3.8) is 0 Å². The lowest BCUT2D eigenvalue weighted by Crippen LogP contribution is -2.04. The van der Waals surface area contributed by atoms with Crippen molar-refractivity contribution in [2.24, 2.45) is 0 Å². The molecule has 2 aromatic rings. The van der Waals surface area contributed by atoms with Gasteiger partial charge in [-0.25, -0.2) is 0 Å². The average molecular weight is 323 g/mol. The Morgan fingerprint density at radius 2 is 1.57 bits per heavy atom. The summed E-state index contributed by atoms with van der Waals surface area (Å²) in [6, 6.07) is 10.9. The molecule has 0 aliphatic heterocycles. The van der Waals surface area contributed by atoms with Crippen LogP contribution in [0.2, 0.25) is 0 Å². The van der Waals surface area contributed by atoms with E-state index in [9.17, 15) is 13.2 Å². The molecule has 0 aliphatic rings. The zero-order valence-electron chi connectivity index (χ0n) is 13.0. The fourth-order valence-electron chi connectivity index (χ4n) is 2.25. The van der Waals surface area contributed by atoms with Gasteiger partial charge in [-0.3, -0.25) is 0 Å². The van der Waals surface area contributed by atoms with Crippen LogP contribution in [0.3, 0.4) is 0 Å². The molecule has 0 unspecified atom stereocenters. The number of rotatable bonds is 6. The summed E-state index contributed by atoms with van der Waals surface area (Å²) in [5, 5.41) is 0. The van der Waals surface area contributed by atoms with Crippen molar-refractivity contribution in [1.29, 1.82) is 0 Å². The Labute approximate surface area is 133 Å². The van der Waals surface area contributed by atoms with Crippen molar-refractivity contribution in [2.75, 3.05) is 14.2 Å². The monoisotopic (exact) mass is 323 g/mol. The summed E-state index contributed by atoms with van der Waals surface area (Å²) in [6.07, 6.45) is -0.878. The van der Waals surface area contributed by atoms with Crippen molar-refractivity contribution < 1.29 is 22.6 Å². The van der Waals surface area contributed by atoms with Crippen LogP contribution >= 0.6 is 0 Å². The van der Waals surface area contributed by atoms with E-state index in [0.29, 0.717) is 17.9 Å². The number of aryl methyl sites for hydroxylation is 1. The molecule has 0 atom stereocenters. The van der Waals surface area contributed by atoms with E-state index < -0.39 is 11.7 Å². The predicted molar refractivity (Wildman–Crippen MR) is 82.7 cm³/mol. The van der Waals surface area contributed by atoms with E-state index in [4.69, 9.17) is 9.47 Å². The third kappa shape index (κ3) is 4.65. The zero-order valence-corrected chi connectivity index (χ0v) is 13.0. The molecule has 123 valence electrons. The van der Waals surface area contributed by atoms with E-state index in [1.54, 1.807) is 14.2 Å². The fourth-order valence-corrected chi connectivity index (χ4v) is 2.25. The quantitative estimate of drug-likeness (QED) is 0.752. The van der Waals surface area contributed by atoms with Crippen molar-refractivity contribution in [1.82, 2.24) is 0 Å². The minimum atomic E-state index is -4.29. The normalized spacial score (nSPS) is 11.3. The number of alkyl halides is 3. The van der Waals surface area contributed by atoms with Crippen LogP contribution in [-0.2, 0) is 12.6 Å². The highest BCUT2D eigenvalue weighted by atomic mass is 19.4. The smallest absolute Gasteiger partial charge is 0.416 e. The summed E-state index contributed by atoms with van der Waals surface area (Å²) in [5.74, 6) is 1.31. The van der Waals surface area contributed by atoms with Gasteiger partial charge in [0.2, 0.25) is 0 Å². The first-order chi connectivity index (χ1) is 10.9. The van der Waals surface area contributed by atoms with E-state index in [1.165, 1.54) is 12.1 Å². The lowest BCUT2D eigenvalue weighted by Gasteiger charge is -2.10. The third-order valence-corrected chi connectivity index (χ3v) is 3.50. The maximum atomic E-state index is 12.5. The molecule has 0 aromatic heterocycles. The van der Waals surface area contributed by atoms with Gasteiger partial charge in [0, 0.05) is 0 Å². The molecule has 5 heteroatoms. The van der Waals surface area contributed by atoms with Crippen LogP contribution in [-0.4, -0.2) is 14.2 Å². The summed E-state index contributed by atoms with van der Waals surface area (Å²) >= 11 is 0. The summed E-state index contributed by atoms with van der Waals surface area (Å²) in [7, 11) is 3.15. The lowest BCUT2D eigenvalue weighted by molar-refractivity contribution is -0.137. The topological polar surface area (TPSA) is 18.5 Å². The minimum Gasteiger partial charge on any atom is -0.493 e. The van der Waals surface area contributed by atoms with Crippen LogP contribution in [0.5, 0.6) is 11.5 Å². The molecule has 0 N–H and O–H groups in total. The number of benzene rings is 2. The first-order valence-electron chi connectivity index (χ1n) is 7.15. The highest BCUT2D eigenvalue weighted by molar-refractivity contribution is 5.44. The van der Waals surface area contributed by atoms with Gasteiger partial charge in [0.15, 0.2) is 11.5 Å². The highest BCUT2D eigenvalue weighted by Gasteiger charge is 2.29. The first-order valence-corrected chi connectivity index (χ1v) is 7.15. The van der Waals surface area contributed by atoms with Gasteiger partial charge < -0.3 is 9.47 Å². The van der Waals surface area contributed by atoms with Crippen molar-refractivity contribution in [3.8, 4) is 11.5 Å². The minimum absolute atomic E-state index is 0.620. The summed E-state index contributed by atoms with van der Waals surface area (Å²) in [5.41, 5.74) is 1.23. The molecule has 1 radical (unpaired) electrons. The second kappa shape index (κ2) is 7.40. The lowest BCUT2D eigenvalue weighted by atomic mass is 10.0. The number of hydrogen-bond donors (Lipinski definition) is 0. The van der Waals surface area contributed by atoms with Gasteiger partial charge in [0.1, 0.15) is 0 Å². The molecular formula is C18H18F3O2. The second-order valence-electron chi connectivity index (χ2n) is 5.05. The highest BCUT2D eigenvalue weighted by Crippen LogP contribution is 2.30. The summed E-state index contributed by atoms with van der Waals surface area (Å²) in [4.78, 5) is 0. The Kier molecular flexibility index (Phi) is 5.53. The number of halogens is 3. The Balaban J connectivity index is 1.92. The van der Waals surface area contributed by atoms with E-state index in [-0.39, 0.29) is 0 Å². The van der Waals surface area contributed by atoms with Crippen molar-refractivity contribution in [2.45, 2.75) is 19.0 Å². The maximum absolute atomic E-state index is 12.5. The van der Waals surface area contributed by atoms with Crippen molar-refractivity contribution >= 4 is 0 Å². The summed E-state index contributed by atoms with van der Waals surface area (Å²) in [6.45, 7) is 0. The Morgan fingerprint density at radius 1 is 0.913 bits per heavy atom. The molecule has 0 saturated heterocycles. The van der Waals surface area contributed by atoms with Crippen LogP contribution in [0.1, 0.15) is 23.1 Å².